The number of carbonyl (C=O) groups is 2. The molecule has 1 heterocycles. The highest BCUT2D eigenvalue weighted by atomic mass is 19.1. The zero-order valence-corrected chi connectivity index (χ0v) is 14.3. The molecule has 0 radical (unpaired) electrons. The van der Waals surface area contributed by atoms with Gasteiger partial charge in [0.05, 0.1) is 12.3 Å². The minimum Gasteiger partial charge on any atom is -0.352 e. The molecular formula is C20H20FN3O2. The number of nitrogens with zero attached hydrogens (tertiary/aromatic N) is 2. The van der Waals surface area contributed by atoms with Crippen LogP contribution in [0.3, 0.4) is 0 Å². The number of hydrazone groups is 1. The summed E-state index contributed by atoms with van der Waals surface area (Å²) in [5.41, 5.74) is 2.71. The highest BCUT2D eigenvalue weighted by molar-refractivity contribution is 6.02. The molecule has 2 aromatic carbocycles. The SMILES string of the molecule is O=C(CCC(=O)N1CCC(c2ccccc2)=N1)NCc1ccc(F)cc1. The quantitative estimate of drug-likeness (QED) is 0.868. The Morgan fingerprint density at radius 1 is 1.04 bits per heavy atom. The van der Waals surface area contributed by atoms with Crippen molar-refractivity contribution in [2.75, 3.05) is 6.54 Å². The Hall–Kier alpha value is -3.02. The molecule has 0 bridgehead atoms. The van der Waals surface area contributed by atoms with Crippen LogP contribution in [0.25, 0.3) is 0 Å². The zero-order chi connectivity index (χ0) is 18.4. The van der Waals surface area contributed by atoms with Crippen LogP contribution >= 0.6 is 0 Å². The van der Waals surface area contributed by atoms with Crippen molar-refractivity contribution in [3.8, 4) is 0 Å². The van der Waals surface area contributed by atoms with Crippen LogP contribution in [-0.2, 0) is 16.1 Å². The molecule has 0 spiro atoms. The van der Waals surface area contributed by atoms with E-state index in [0.29, 0.717) is 19.5 Å². The van der Waals surface area contributed by atoms with Gasteiger partial charge in [0.25, 0.3) is 0 Å². The summed E-state index contributed by atoms with van der Waals surface area (Å²) in [7, 11) is 0. The number of nitrogens with one attached hydrogen (secondary N) is 1. The lowest BCUT2D eigenvalue weighted by atomic mass is 10.1. The maximum Gasteiger partial charge on any atom is 0.243 e. The first kappa shape index (κ1) is 17.8. The Morgan fingerprint density at radius 3 is 2.50 bits per heavy atom. The summed E-state index contributed by atoms with van der Waals surface area (Å²) in [6.07, 6.45) is 0.931. The number of hydrogen-bond acceptors (Lipinski definition) is 3. The molecule has 1 aliphatic rings. The highest BCUT2D eigenvalue weighted by Gasteiger charge is 2.21. The third-order valence-corrected chi connectivity index (χ3v) is 4.17. The molecule has 0 saturated heterocycles. The maximum absolute atomic E-state index is 12.8. The summed E-state index contributed by atoms with van der Waals surface area (Å²) in [5.74, 6) is -0.686. The van der Waals surface area contributed by atoms with Gasteiger partial charge in [-0.25, -0.2) is 9.40 Å². The second-order valence-electron chi connectivity index (χ2n) is 6.08. The van der Waals surface area contributed by atoms with Crippen molar-refractivity contribution in [3.63, 3.8) is 0 Å². The molecule has 0 aromatic heterocycles. The second-order valence-corrected chi connectivity index (χ2v) is 6.08. The van der Waals surface area contributed by atoms with Gasteiger partial charge in [0.2, 0.25) is 11.8 Å². The standard InChI is InChI=1S/C20H20FN3O2/c21-17-8-6-15(7-9-17)14-22-19(25)10-11-20(26)24-13-12-18(23-24)16-4-2-1-3-5-16/h1-9H,10-14H2,(H,22,25). The van der Waals surface area contributed by atoms with Crippen molar-refractivity contribution >= 4 is 17.5 Å². The Balaban J connectivity index is 1.44. The highest BCUT2D eigenvalue weighted by Crippen LogP contribution is 2.15. The molecule has 6 heteroatoms. The van der Waals surface area contributed by atoms with E-state index in [0.717, 1.165) is 16.8 Å². The number of rotatable bonds is 6. The lowest BCUT2D eigenvalue weighted by Gasteiger charge is -2.11. The molecule has 3 rings (SSSR count). The average Bonchev–Trinajstić information content (AvgIpc) is 3.17. The maximum atomic E-state index is 12.8. The molecule has 5 nitrogen and oxygen atoms in total. The van der Waals surface area contributed by atoms with Crippen LogP contribution < -0.4 is 5.32 Å². The van der Waals surface area contributed by atoms with E-state index in [4.69, 9.17) is 0 Å². The van der Waals surface area contributed by atoms with Crippen LogP contribution in [-0.4, -0.2) is 29.1 Å². The van der Waals surface area contributed by atoms with Crippen molar-refractivity contribution in [3.05, 3.63) is 71.5 Å². The molecule has 1 aliphatic heterocycles. The molecule has 0 atom stereocenters. The number of hydrogen-bond donors (Lipinski definition) is 1. The molecule has 2 amide bonds. The van der Waals surface area contributed by atoms with E-state index in [9.17, 15) is 14.0 Å². The third-order valence-electron chi connectivity index (χ3n) is 4.17. The molecular weight excluding hydrogens is 333 g/mol. The zero-order valence-electron chi connectivity index (χ0n) is 14.3. The van der Waals surface area contributed by atoms with Crippen LogP contribution in [0.2, 0.25) is 0 Å². The molecule has 1 N–H and O–H groups in total. The summed E-state index contributed by atoms with van der Waals surface area (Å²) in [5, 5.41) is 8.54. The largest absolute Gasteiger partial charge is 0.352 e. The third kappa shape index (κ3) is 4.75. The number of benzene rings is 2. The fourth-order valence-corrected chi connectivity index (χ4v) is 2.71. The topological polar surface area (TPSA) is 61.8 Å². The van der Waals surface area contributed by atoms with E-state index in [-0.39, 0.29) is 30.5 Å². The van der Waals surface area contributed by atoms with Gasteiger partial charge in [0.1, 0.15) is 5.82 Å². The van der Waals surface area contributed by atoms with Gasteiger partial charge in [0, 0.05) is 25.8 Å². The predicted molar refractivity (Wildman–Crippen MR) is 96.8 cm³/mol. The van der Waals surface area contributed by atoms with E-state index in [2.05, 4.69) is 10.4 Å². The monoisotopic (exact) mass is 353 g/mol. The second kappa shape index (κ2) is 8.38. The van der Waals surface area contributed by atoms with Crippen LogP contribution in [0.4, 0.5) is 4.39 Å². The van der Waals surface area contributed by atoms with E-state index >= 15 is 0 Å². The Kier molecular flexibility index (Phi) is 5.73. The first-order chi connectivity index (χ1) is 12.6. The molecule has 2 aromatic rings. The number of halogens is 1. The number of amides is 2. The fraction of sp³-hybridized carbons (Fsp3) is 0.250. The van der Waals surface area contributed by atoms with Crippen molar-refractivity contribution in [1.29, 1.82) is 0 Å². The van der Waals surface area contributed by atoms with Crippen molar-refractivity contribution in [1.82, 2.24) is 10.3 Å². The first-order valence-corrected chi connectivity index (χ1v) is 8.56. The average molecular weight is 353 g/mol. The molecule has 0 unspecified atom stereocenters. The summed E-state index contributed by atoms with van der Waals surface area (Å²) in [6.45, 7) is 0.855. The smallest absolute Gasteiger partial charge is 0.243 e. The van der Waals surface area contributed by atoms with E-state index in [1.54, 1.807) is 12.1 Å². The lowest BCUT2D eigenvalue weighted by molar-refractivity contribution is -0.133. The van der Waals surface area contributed by atoms with Gasteiger partial charge in [0.15, 0.2) is 0 Å². The minimum absolute atomic E-state index is 0.104. The van der Waals surface area contributed by atoms with Gasteiger partial charge in [-0.3, -0.25) is 9.59 Å². The van der Waals surface area contributed by atoms with Crippen molar-refractivity contribution < 1.29 is 14.0 Å². The molecule has 0 fully saturated rings. The first-order valence-electron chi connectivity index (χ1n) is 8.56. The number of carbonyl (C=O) groups excluding carboxylic acids is 2. The van der Waals surface area contributed by atoms with Crippen LogP contribution in [0.5, 0.6) is 0 Å². The summed E-state index contributed by atoms with van der Waals surface area (Å²) in [4.78, 5) is 24.1. The lowest BCUT2D eigenvalue weighted by Crippen LogP contribution is -2.27. The Labute approximate surface area is 151 Å². The molecule has 134 valence electrons. The Morgan fingerprint density at radius 2 is 1.77 bits per heavy atom. The molecule has 0 saturated carbocycles. The van der Waals surface area contributed by atoms with Crippen LogP contribution in [0, 0.1) is 5.82 Å². The van der Waals surface area contributed by atoms with Gasteiger partial charge in [-0.1, -0.05) is 42.5 Å². The van der Waals surface area contributed by atoms with Crippen LogP contribution in [0.15, 0.2) is 59.7 Å². The Bertz CT molecular complexity index is 804. The summed E-state index contributed by atoms with van der Waals surface area (Å²) < 4.78 is 12.8. The summed E-state index contributed by atoms with van der Waals surface area (Å²) >= 11 is 0. The fourth-order valence-electron chi connectivity index (χ4n) is 2.71. The van der Waals surface area contributed by atoms with Gasteiger partial charge < -0.3 is 5.32 Å². The predicted octanol–water partition coefficient (Wildman–Crippen LogP) is 2.86. The van der Waals surface area contributed by atoms with E-state index in [1.807, 2.05) is 30.3 Å². The van der Waals surface area contributed by atoms with Gasteiger partial charge >= 0.3 is 0 Å². The van der Waals surface area contributed by atoms with Gasteiger partial charge in [-0.05, 0) is 23.3 Å². The molecule has 26 heavy (non-hydrogen) atoms. The van der Waals surface area contributed by atoms with Gasteiger partial charge in [-0.15, -0.1) is 0 Å². The van der Waals surface area contributed by atoms with E-state index < -0.39 is 0 Å². The normalized spacial score (nSPS) is 13.4. The van der Waals surface area contributed by atoms with Crippen molar-refractivity contribution in [2.45, 2.75) is 25.8 Å². The minimum atomic E-state index is -0.313. The van der Waals surface area contributed by atoms with Crippen LogP contribution in [0.1, 0.15) is 30.4 Å². The van der Waals surface area contributed by atoms with Gasteiger partial charge in [-0.2, -0.15) is 5.10 Å². The summed E-state index contributed by atoms with van der Waals surface area (Å²) in [6, 6.07) is 15.7. The van der Waals surface area contributed by atoms with E-state index in [1.165, 1.54) is 17.1 Å². The van der Waals surface area contributed by atoms with Crippen molar-refractivity contribution in [2.24, 2.45) is 5.10 Å². The molecule has 0 aliphatic carbocycles.